The molecule has 2 amide bonds. The van der Waals surface area contributed by atoms with Gasteiger partial charge in [-0.1, -0.05) is 18.2 Å². The number of furan rings is 1. The molecule has 90 valence electrons. The van der Waals surface area contributed by atoms with Crippen LogP contribution in [0.25, 0.3) is 0 Å². The maximum absolute atomic E-state index is 12.3. The van der Waals surface area contributed by atoms with Crippen LogP contribution in [0.2, 0.25) is 0 Å². The lowest BCUT2D eigenvalue weighted by Gasteiger charge is -2.14. The second kappa shape index (κ2) is 4.14. The van der Waals surface area contributed by atoms with Gasteiger partial charge < -0.3 is 4.42 Å². The van der Waals surface area contributed by atoms with Gasteiger partial charge in [0, 0.05) is 6.42 Å². The quantitative estimate of drug-likeness (QED) is 0.758. The summed E-state index contributed by atoms with van der Waals surface area (Å²) in [6.07, 6.45) is 1.68. The van der Waals surface area contributed by atoms with Gasteiger partial charge in [-0.2, -0.15) is 0 Å². The fraction of sp³-hybridized carbons (Fsp3) is 0.143. The van der Waals surface area contributed by atoms with E-state index in [1.165, 1.54) is 11.2 Å². The number of hydrogen-bond acceptors (Lipinski definition) is 3. The van der Waals surface area contributed by atoms with Crippen LogP contribution in [0, 0.1) is 0 Å². The van der Waals surface area contributed by atoms with Crippen LogP contribution in [-0.2, 0) is 9.59 Å². The summed E-state index contributed by atoms with van der Waals surface area (Å²) < 4.78 is 5.22. The van der Waals surface area contributed by atoms with Crippen LogP contribution in [0.4, 0.5) is 5.69 Å². The summed E-state index contributed by atoms with van der Waals surface area (Å²) in [6, 6.07) is 12.4. The Balaban J connectivity index is 1.95. The molecule has 2 aromatic rings. The third kappa shape index (κ3) is 1.62. The number of hydrogen-bond donors (Lipinski definition) is 0. The van der Waals surface area contributed by atoms with E-state index >= 15 is 0 Å². The lowest BCUT2D eigenvalue weighted by Crippen LogP contribution is -2.29. The van der Waals surface area contributed by atoms with E-state index in [1.807, 2.05) is 6.07 Å². The molecule has 1 aromatic carbocycles. The summed E-state index contributed by atoms with van der Waals surface area (Å²) >= 11 is 0. The van der Waals surface area contributed by atoms with Crippen molar-refractivity contribution < 1.29 is 14.0 Å². The van der Waals surface area contributed by atoms with E-state index in [1.54, 1.807) is 36.4 Å². The van der Waals surface area contributed by atoms with Gasteiger partial charge in [0.15, 0.2) is 0 Å². The topological polar surface area (TPSA) is 50.5 Å². The smallest absolute Gasteiger partial charge is 0.245 e. The van der Waals surface area contributed by atoms with Crippen molar-refractivity contribution in [1.82, 2.24) is 0 Å². The van der Waals surface area contributed by atoms with Gasteiger partial charge in [0.2, 0.25) is 11.8 Å². The molecule has 1 aliphatic rings. The van der Waals surface area contributed by atoms with Crippen LogP contribution >= 0.6 is 0 Å². The highest BCUT2D eigenvalue weighted by molar-refractivity contribution is 6.22. The maximum Gasteiger partial charge on any atom is 0.245 e. The molecule has 1 saturated heterocycles. The van der Waals surface area contributed by atoms with E-state index in [4.69, 9.17) is 4.42 Å². The molecule has 0 aliphatic carbocycles. The zero-order chi connectivity index (χ0) is 12.5. The molecular formula is C14H11NO3. The molecule has 0 bridgehead atoms. The number of anilines is 1. The Hall–Kier alpha value is -2.36. The van der Waals surface area contributed by atoms with E-state index in [0.717, 1.165) is 0 Å². The first-order valence-electron chi connectivity index (χ1n) is 5.72. The number of rotatable bonds is 2. The molecule has 4 heteroatoms. The minimum absolute atomic E-state index is 0.168. The van der Waals surface area contributed by atoms with E-state index in [-0.39, 0.29) is 18.2 Å². The summed E-state index contributed by atoms with van der Waals surface area (Å²) in [5, 5.41) is 0. The van der Waals surface area contributed by atoms with Crippen molar-refractivity contribution in [2.24, 2.45) is 0 Å². The van der Waals surface area contributed by atoms with Crippen LogP contribution < -0.4 is 4.90 Å². The molecule has 2 heterocycles. The zero-order valence-corrected chi connectivity index (χ0v) is 9.58. The zero-order valence-electron chi connectivity index (χ0n) is 9.58. The number of carbonyl (C=O) groups is 2. The van der Waals surface area contributed by atoms with Crippen LogP contribution in [0.1, 0.15) is 18.1 Å². The Morgan fingerprint density at radius 1 is 1.06 bits per heavy atom. The molecule has 1 aromatic heterocycles. The van der Waals surface area contributed by atoms with E-state index in [2.05, 4.69) is 0 Å². The van der Waals surface area contributed by atoms with Crippen LogP contribution in [0.3, 0.4) is 0 Å². The van der Waals surface area contributed by atoms with Gasteiger partial charge in [-0.05, 0) is 24.3 Å². The van der Waals surface area contributed by atoms with Crippen molar-refractivity contribution in [2.45, 2.75) is 12.3 Å². The molecule has 4 nitrogen and oxygen atoms in total. The van der Waals surface area contributed by atoms with Gasteiger partial charge in [-0.15, -0.1) is 0 Å². The molecule has 0 spiro atoms. The highest BCUT2D eigenvalue weighted by Crippen LogP contribution is 2.32. The number of imide groups is 1. The standard InChI is InChI=1S/C14H11NO3/c16-13-9-11(12-7-4-8-18-12)14(17)15(13)10-5-2-1-3-6-10/h1-8,11H,9H2. The van der Waals surface area contributed by atoms with Crippen molar-refractivity contribution >= 4 is 17.5 Å². The lowest BCUT2D eigenvalue weighted by molar-refractivity contribution is -0.121. The maximum atomic E-state index is 12.3. The predicted octanol–water partition coefficient (Wildman–Crippen LogP) is 2.33. The molecule has 18 heavy (non-hydrogen) atoms. The number of para-hydroxylation sites is 1. The number of nitrogens with zero attached hydrogens (tertiary/aromatic N) is 1. The van der Waals surface area contributed by atoms with Crippen LogP contribution in [-0.4, -0.2) is 11.8 Å². The summed E-state index contributed by atoms with van der Waals surface area (Å²) in [7, 11) is 0. The van der Waals surface area contributed by atoms with Gasteiger partial charge in [-0.3, -0.25) is 9.59 Å². The first-order valence-corrected chi connectivity index (χ1v) is 5.72. The minimum atomic E-state index is -0.493. The molecule has 1 atom stereocenters. The van der Waals surface area contributed by atoms with Crippen LogP contribution in [0.5, 0.6) is 0 Å². The van der Waals surface area contributed by atoms with Crippen molar-refractivity contribution in [3.63, 3.8) is 0 Å². The van der Waals surface area contributed by atoms with Gasteiger partial charge in [-0.25, -0.2) is 4.90 Å². The highest BCUT2D eigenvalue weighted by Gasteiger charge is 2.41. The predicted molar refractivity (Wildman–Crippen MR) is 65.0 cm³/mol. The van der Waals surface area contributed by atoms with Crippen molar-refractivity contribution in [3.8, 4) is 0 Å². The summed E-state index contributed by atoms with van der Waals surface area (Å²) in [5.74, 6) is -0.353. The molecular weight excluding hydrogens is 230 g/mol. The van der Waals surface area contributed by atoms with Crippen molar-refractivity contribution in [1.29, 1.82) is 0 Å². The van der Waals surface area contributed by atoms with Gasteiger partial charge in [0.05, 0.1) is 12.0 Å². The van der Waals surface area contributed by atoms with E-state index in [0.29, 0.717) is 11.4 Å². The third-order valence-electron chi connectivity index (χ3n) is 3.05. The summed E-state index contributed by atoms with van der Waals surface area (Å²) in [6.45, 7) is 0. The van der Waals surface area contributed by atoms with Crippen LogP contribution in [0.15, 0.2) is 53.1 Å². The molecule has 1 fully saturated rings. The molecule has 3 rings (SSSR count). The first-order chi connectivity index (χ1) is 8.77. The molecule has 0 N–H and O–H groups in total. The monoisotopic (exact) mass is 241 g/mol. The lowest BCUT2D eigenvalue weighted by atomic mass is 10.1. The Kier molecular flexibility index (Phi) is 2.48. The van der Waals surface area contributed by atoms with Gasteiger partial charge in [0.1, 0.15) is 11.7 Å². The third-order valence-corrected chi connectivity index (χ3v) is 3.05. The van der Waals surface area contributed by atoms with E-state index < -0.39 is 5.92 Å². The van der Waals surface area contributed by atoms with Crippen molar-refractivity contribution in [2.75, 3.05) is 4.90 Å². The van der Waals surface area contributed by atoms with Gasteiger partial charge in [0.25, 0.3) is 0 Å². The Bertz CT molecular complexity index is 574. The normalized spacial score (nSPS) is 19.6. The molecule has 1 aliphatic heterocycles. The summed E-state index contributed by atoms with van der Waals surface area (Å²) in [5.41, 5.74) is 0.613. The summed E-state index contributed by atoms with van der Waals surface area (Å²) in [4.78, 5) is 25.4. The number of carbonyl (C=O) groups excluding carboxylic acids is 2. The second-order valence-corrected chi connectivity index (χ2v) is 4.18. The number of amides is 2. The molecule has 0 radical (unpaired) electrons. The average Bonchev–Trinajstić information content (AvgIpc) is 2.99. The molecule has 0 saturated carbocycles. The Morgan fingerprint density at radius 2 is 1.83 bits per heavy atom. The number of benzene rings is 1. The highest BCUT2D eigenvalue weighted by atomic mass is 16.3. The SMILES string of the molecule is O=C1CC(c2ccco2)C(=O)N1c1ccccc1. The fourth-order valence-electron chi connectivity index (χ4n) is 2.19. The first kappa shape index (κ1) is 10.8. The fourth-order valence-corrected chi connectivity index (χ4v) is 2.19. The second-order valence-electron chi connectivity index (χ2n) is 4.18. The molecule has 1 unspecified atom stereocenters. The largest absolute Gasteiger partial charge is 0.469 e. The van der Waals surface area contributed by atoms with Gasteiger partial charge >= 0.3 is 0 Å². The minimum Gasteiger partial charge on any atom is -0.469 e. The Labute approximate surface area is 104 Å². The van der Waals surface area contributed by atoms with Crippen molar-refractivity contribution in [3.05, 3.63) is 54.5 Å². The average molecular weight is 241 g/mol. The van der Waals surface area contributed by atoms with E-state index in [9.17, 15) is 9.59 Å². The Morgan fingerprint density at radius 3 is 2.50 bits per heavy atom.